The fourth-order valence-electron chi connectivity index (χ4n) is 3.56. The number of rotatable bonds is 7. The molecule has 1 N–H and O–H groups in total. The van der Waals surface area contributed by atoms with Crippen LogP contribution in [0.3, 0.4) is 0 Å². The van der Waals surface area contributed by atoms with E-state index in [2.05, 4.69) is 4.90 Å². The van der Waals surface area contributed by atoms with Gasteiger partial charge in [-0.3, -0.25) is 9.69 Å². The predicted octanol–water partition coefficient (Wildman–Crippen LogP) is 3.91. The lowest BCUT2D eigenvalue weighted by molar-refractivity contribution is -0.145. The zero-order valence-electron chi connectivity index (χ0n) is 14.7. The van der Waals surface area contributed by atoms with E-state index < -0.39 is 12.0 Å². The molecule has 136 valence electrons. The molecular formula is C18H28ClNO4. The summed E-state index contributed by atoms with van der Waals surface area (Å²) in [6.45, 7) is 2.75. The Morgan fingerprint density at radius 1 is 1.21 bits per heavy atom. The third kappa shape index (κ3) is 4.54. The number of methoxy groups -OCH3 is 2. The molecular weight excluding hydrogens is 330 g/mol. The van der Waals surface area contributed by atoms with Crippen molar-refractivity contribution in [2.45, 2.75) is 51.1 Å². The molecule has 0 amide bonds. The average Bonchev–Trinajstić information content (AvgIpc) is 2.59. The maximum absolute atomic E-state index is 12.0. The first-order chi connectivity index (χ1) is 11.1. The number of halogens is 1. The first-order valence-electron chi connectivity index (χ1n) is 8.32. The molecule has 1 aliphatic carbocycles. The van der Waals surface area contributed by atoms with Gasteiger partial charge in [-0.05, 0) is 37.1 Å². The topological polar surface area (TPSA) is 59.0 Å². The lowest BCUT2D eigenvalue weighted by atomic mass is 9.91. The number of nitrogens with zero attached hydrogens (tertiary/aromatic N) is 1. The number of carboxylic acid groups (broad SMARTS) is 1. The van der Waals surface area contributed by atoms with E-state index in [1.54, 1.807) is 26.4 Å². The predicted molar refractivity (Wildman–Crippen MR) is 96.4 cm³/mol. The maximum Gasteiger partial charge on any atom is 0.325 e. The van der Waals surface area contributed by atoms with Gasteiger partial charge in [0, 0.05) is 6.04 Å². The van der Waals surface area contributed by atoms with Crippen molar-refractivity contribution in [3.63, 3.8) is 0 Å². The molecule has 1 aromatic carbocycles. The van der Waals surface area contributed by atoms with Gasteiger partial charge in [0.1, 0.15) is 6.04 Å². The monoisotopic (exact) mass is 357 g/mol. The van der Waals surface area contributed by atoms with Gasteiger partial charge in [0.05, 0.1) is 14.2 Å². The van der Waals surface area contributed by atoms with Crippen LogP contribution in [0, 0.1) is 0 Å². The second-order valence-corrected chi connectivity index (χ2v) is 5.98. The highest BCUT2D eigenvalue weighted by Crippen LogP contribution is 2.35. The van der Waals surface area contributed by atoms with Crippen molar-refractivity contribution in [2.75, 3.05) is 20.8 Å². The van der Waals surface area contributed by atoms with Gasteiger partial charge >= 0.3 is 5.97 Å². The minimum absolute atomic E-state index is 0. The Kier molecular flexibility index (Phi) is 8.36. The lowest BCUT2D eigenvalue weighted by Crippen LogP contribution is -2.42. The molecule has 0 aliphatic heterocycles. The van der Waals surface area contributed by atoms with Gasteiger partial charge < -0.3 is 14.6 Å². The molecule has 0 heterocycles. The molecule has 0 saturated heterocycles. The minimum atomic E-state index is -0.815. The summed E-state index contributed by atoms with van der Waals surface area (Å²) in [5.74, 6) is 0.363. The van der Waals surface area contributed by atoms with E-state index >= 15 is 0 Å². The number of hydrogen-bond acceptors (Lipinski definition) is 4. The SMILES string of the molecule is CCN(C1CCCCC1)C(C(=O)O)c1ccc(OC)c(OC)c1.Cl. The second kappa shape index (κ2) is 9.74. The Morgan fingerprint density at radius 2 is 1.83 bits per heavy atom. The number of benzene rings is 1. The highest BCUT2D eigenvalue weighted by molar-refractivity contribution is 5.85. The number of ether oxygens (including phenoxy) is 2. The number of carbonyl (C=O) groups is 1. The fraction of sp³-hybridized carbons (Fsp3) is 0.611. The molecule has 6 heteroatoms. The van der Waals surface area contributed by atoms with E-state index in [0.29, 0.717) is 17.5 Å². The van der Waals surface area contributed by atoms with E-state index in [-0.39, 0.29) is 12.4 Å². The molecule has 1 saturated carbocycles. The van der Waals surface area contributed by atoms with Gasteiger partial charge in [0.25, 0.3) is 0 Å². The van der Waals surface area contributed by atoms with Gasteiger partial charge in [0.15, 0.2) is 11.5 Å². The summed E-state index contributed by atoms with van der Waals surface area (Å²) < 4.78 is 10.6. The molecule has 2 rings (SSSR count). The zero-order valence-corrected chi connectivity index (χ0v) is 15.5. The molecule has 0 bridgehead atoms. The van der Waals surface area contributed by atoms with Crippen molar-refractivity contribution in [3.8, 4) is 11.5 Å². The van der Waals surface area contributed by atoms with Gasteiger partial charge in [-0.2, -0.15) is 0 Å². The molecule has 0 aromatic heterocycles. The first kappa shape index (κ1) is 20.6. The standard InChI is InChI=1S/C18H27NO4.ClH/c1-4-19(14-8-6-5-7-9-14)17(18(20)21)13-10-11-15(22-2)16(12-13)23-3;/h10-12,14,17H,4-9H2,1-3H3,(H,20,21);1H. The van der Waals surface area contributed by atoms with Crippen LogP contribution in [0.4, 0.5) is 0 Å². The summed E-state index contributed by atoms with van der Waals surface area (Å²) in [6, 6.07) is 5.07. The highest BCUT2D eigenvalue weighted by Gasteiger charge is 2.32. The molecule has 1 atom stereocenters. The lowest BCUT2D eigenvalue weighted by Gasteiger charge is -2.37. The molecule has 5 nitrogen and oxygen atoms in total. The number of likely N-dealkylation sites (N-methyl/N-ethyl adjacent to an activating group) is 1. The third-order valence-corrected chi connectivity index (χ3v) is 4.70. The molecule has 1 fully saturated rings. The summed E-state index contributed by atoms with van der Waals surface area (Å²) in [6.07, 6.45) is 5.76. The molecule has 24 heavy (non-hydrogen) atoms. The van der Waals surface area contributed by atoms with Crippen LogP contribution in [0.2, 0.25) is 0 Å². The van der Waals surface area contributed by atoms with Gasteiger partial charge in [-0.15, -0.1) is 12.4 Å². The largest absolute Gasteiger partial charge is 0.493 e. The number of aliphatic carboxylic acids is 1. The first-order valence-corrected chi connectivity index (χ1v) is 8.32. The molecule has 1 unspecified atom stereocenters. The minimum Gasteiger partial charge on any atom is -0.493 e. The van der Waals surface area contributed by atoms with Crippen LogP contribution in [0.25, 0.3) is 0 Å². The van der Waals surface area contributed by atoms with Crippen molar-refractivity contribution < 1.29 is 19.4 Å². The summed E-state index contributed by atoms with van der Waals surface area (Å²) in [4.78, 5) is 14.1. The third-order valence-electron chi connectivity index (χ3n) is 4.70. The van der Waals surface area contributed by atoms with Gasteiger partial charge in [-0.1, -0.05) is 32.3 Å². The fourth-order valence-corrected chi connectivity index (χ4v) is 3.56. The normalized spacial score (nSPS) is 16.3. The second-order valence-electron chi connectivity index (χ2n) is 5.98. The Bertz CT molecular complexity index is 532. The number of carboxylic acids is 1. The van der Waals surface area contributed by atoms with Crippen molar-refractivity contribution >= 4 is 18.4 Å². The van der Waals surface area contributed by atoms with Crippen LogP contribution in [-0.2, 0) is 4.79 Å². The summed E-state index contributed by atoms with van der Waals surface area (Å²) >= 11 is 0. The average molecular weight is 358 g/mol. The molecule has 1 aromatic rings. The summed E-state index contributed by atoms with van der Waals surface area (Å²) in [5, 5.41) is 9.84. The Balaban J connectivity index is 0.00000288. The van der Waals surface area contributed by atoms with Crippen molar-refractivity contribution in [2.24, 2.45) is 0 Å². The van der Waals surface area contributed by atoms with E-state index in [0.717, 1.165) is 24.9 Å². The van der Waals surface area contributed by atoms with Crippen LogP contribution in [0.5, 0.6) is 11.5 Å². The maximum atomic E-state index is 12.0. The summed E-state index contributed by atoms with van der Waals surface area (Å²) in [5.41, 5.74) is 0.738. The summed E-state index contributed by atoms with van der Waals surface area (Å²) in [7, 11) is 3.14. The zero-order chi connectivity index (χ0) is 16.8. The Labute approximate surface area is 150 Å². The van der Waals surface area contributed by atoms with E-state index in [9.17, 15) is 9.90 Å². The van der Waals surface area contributed by atoms with E-state index in [1.807, 2.05) is 13.0 Å². The van der Waals surface area contributed by atoms with Gasteiger partial charge in [-0.25, -0.2) is 0 Å². The van der Waals surface area contributed by atoms with Crippen molar-refractivity contribution in [1.82, 2.24) is 4.90 Å². The van der Waals surface area contributed by atoms with Crippen molar-refractivity contribution in [3.05, 3.63) is 23.8 Å². The van der Waals surface area contributed by atoms with Crippen molar-refractivity contribution in [1.29, 1.82) is 0 Å². The van der Waals surface area contributed by atoms with Crippen LogP contribution < -0.4 is 9.47 Å². The van der Waals surface area contributed by atoms with Crippen LogP contribution >= 0.6 is 12.4 Å². The van der Waals surface area contributed by atoms with Crippen LogP contribution in [0.1, 0.15) is 50.6 Å². The quantitative estimate of drug-likeness (QED) is 0.801. The molecule has 1 aliphatic rings. The van der Waals surface area contributed by atoms with Crippen LogP contribution in [-0.4, -0.2) is 42.8 Å². The molecule has 0 radical (unpaired) electrons. The van der Waals surface area contributed by atoms with E-state index in [4.69, 9.17) is 9.47 Å². The van der Waals surface area contributed by atoms with Gasteiger partial charge in [0.2, 0.25) is 0 Å². The number of hydrogen-bond donors (Lipinski definition) is 1. The molecule has 0 spiro atoms. The Hall–Kier alpha value is -1.46. The highest BCUT2D eigenvalue weighted by atomic mass is 35.5. The van der Waals surface area contributed by atoms with E-state index in [1.165, 1.54) is 19.3 Å². The smallest absolute Gasteiger partial charge is 0.325 e. The van der Waals surface area contributed by atoms with Crippen LogP contribution in [0.15, 0.2) is 18.2 Å². The Morgan fingerprint density at radius 3 is 2.33 bits per heavy atom.